The molecule has 0 saturated carbocycles. The van der Waals surface area contributed by atoms with Crippen molar-refractivity contribution < 1.29 is 9.53 Å². The van der Waals surface area contributed by atoms with Crippen molar-refractivity contribution in [2.75, 3.05) is 7.11 Å². The molecule has 0 heterocycles. The van der Waals surface area contributed by atoms with E-state index in [1.54, 1.807) is 7.11 Å². The van der Waals surface area contributed by atoms with E-state index in [2.05, 4.69) is 21.2 Å². The zero-order valence-corrected chi connectivity index (χ0v) is 12.2. The molecule has 0 aliphatic rings. The molecule has 1 aromatic carbocycles. The molecular weight excluding hydrogens is 282 g/mol. The third-order valence-electron chi connectivity index (χ3n) is 2.11. The third kappa shape index (κ3) is 4.77. The Morgan fingerprint density at radius 1 is 1.41 bits per heavy atom. The highest BCUT2D eigenvalue weighted by Gasteiger charge is 2.15. The first kappa shape index (κ1) is 14.0. The topological polar surface area (TPSA) is 38.3 Å². The van der Waals surface area contributed by atoms with Crippen LogP contribution in [-0.2, 0) is 11.2 Å². The summed E-state index contributed by atoms with van der Waals surface area (Å²) >= 11 is 3.39. The van der Waals surface area contributed by atoms with Gasteiger partial charge < -0.3 is 10.1 Å². The number of methoxy groups -OCH3 is 1. The lowest BCUT2D eigenvalue weighted by molar-refractivity contribution is -0.121. The maximum absolute atomic E-state index is 11.8. The van der Waals surface area contributed by atoms with Gasteiger partial charge in [0.2, 0.25) is 5.91 Å². The van der Waals surface area contributed by atoms with E-state index in [1.807, 2.05) is 39.0 Å². The van der Waals surface area contributed by atoms with Crippen LogP contribution in [0, 0.1) is 0 Å². The molecular formula is C13H18BrNO2. The van der Waals surface area contributed by atoms with Crippen molar-refractivity contribution >= 4 is 21.8 Å². The summed E-state index contributed by atoms with van der Waals surface area (Å²) in [4.78, 5) is 11.8. The van der Waals surface area contributed by atoms with Crippen molar-refractivity contribution in [3.05, 3.63) is 28.2 Å². The van der Waals surface area contributed by atoms with Gasteiger partial charge in [-0.3, -0.25) is 4.79 Å². The van der Waals surface area contributed by atoms with Gasteiger partial charge in [0.05, 0.1) is 13.5 Å². The van der Waals surface area contributed by atoms with E-state index < -0.39 is 0 Å². The molecule has 17 heavy (non-hydrogen) atoms. The smallest absolute Gasteiger partial charge is 0.224 e. The number of amides is 1. The van der Waals surface area contributed by atoms with Gasteiger partial charge in [0, 0.05) is 15.6 Å². The fraction of sp³-hybridized carbons (Fsp3) is 0.462. The molecule has 0 atom stereocenters. The standard InChI is InChI=1S/C13H18BrNO2/c1-13(2,3)15-12(16)8-9-7-10(14)5-6-11(9)17-4/h5-7H,8H2,1-4H3,(H,15,16). The second kappa shape index (κ2) is 5.54. The highest BCUT2D eigenvalue weighted by Crippen LogP contribution is 2.23. The van der Waals surface area contributed by atoms with E-state index in [9.17, 15) is 4.79 Å². The highest BCUT2D eigenvalue weighted by atomic mass is 79.9. The van der Waals surface area contributed by atoms with Crippen LogP contribution in [0.2, 0.25) is 0 Å². The summed E-state index contributed by atoms with van der Waals surface area (Å²) in [6, 6.07) is 5.65. The van der Waals surface area contributed by atoms with Gasteiger partial charge >= 0.3 is 0 Å². The van der Waals surface area contributed by atoms with Crippen LogP contribution in [0.3, 0.4) is 0 Å². The Balaban J connectivity index is 2.80. The SMILES string of the molecule is COc1ccc(Br)cc1CC(=O)NC(C)(C)C. The minimum atomic E-state index is -0.212. The van der Waals surface area contributed by atoms with Gasteiger partial charge in [-0.1, -0.05) is 15.9 Å². The molecule has 0 spiro atoms. The summed E-state index contributed by atoms with van der Waals surface area (Å²) in [5, 5.41) is 2.93. The Kier molecular flexibility index (Phi) is 4.57. The molecule has 4 heteroatoms. The molecule has 1 amide bonds. The fourth-order valence-electron chi connectivity index (χ4n) is 1.52. The second-order valence-electron chi connectivity index (χ2n) is 4.93. The molecule has 0 aromatic heterocycles. The Hall–Kier alpha value is -1.03. The van der Waals surface area contributed by atoms with Crippen LogP contribution in [0.25, 0.3) is 0 Å². The van der Waals surface area contributed by atoms with Gasteiger partial charge in [0.25, 0.3) is 0 Å². The molecule has 0 aliphatic carbocycles. The quantitative estimate of drug-likeness (QED) is 0.932. The van der Waals surface area contributed by atoms with Crippen molar-refractivity contribution in [3.8, 4) is 5.75 Å². The minimum Gasteiger partial charge on any atom is -0.496 e. The van der Waals surface area contributed by atoms with Crippen LogP contribution in [0.5, 0.6) is 5.75 Å². The number of hydrogen-bond acceptors (Lipinski definition) is 2. The molecule has 0 unspecified atom stereocenters. The van der Waals surface area contributed by atoms with E-state index in [-0.39, 0.29) is 11.4 Å². The molecule has 1 aromatic rings. The van der Waals surface area contributed by atoms with Crippen LogP contribution < -0.4 is 10.1 Å². The summed E-state index contributed by atoms with van der Waals surface area (Å²) < 4.78 is 6.17. The first-order valence-corrected chi connectivity index (χ1v) is 6.24. The average molecular weight is 300 g/mol. The maximum Gasteiger partial charge on any atom is 0.224 e. The largest absolute Gasteiger partial charge is 0.496 e. The molecule has 0 radical (unpaired) electrons. The average Bonchev–Trinajstić information content (AvgIpc) is 2.14. The highest BCUT2D eigenvalue weighted by molar-refractivity contribution is 9.10. The van der Waals surface area contributed by atoms with E-state index in [0.29, 0.717) is 6.42 Å². The van der Waals surface area contributed by atoms with Crippen LogP contribution in [0.4, 0.5) is 0 Å². The Bertz CT molecular complexity index is 410. The number of halogens is 1. The monoisotopic (exact) mass is 299 g/mol. The normalized spacial score (nSPS) is 11.1. The summed E-state index contributed by atoms with van der Waals surface area (Å²) in [7, 11) is 1.61. The predicted octanol–water partition coefficient (Wildman–Crippen LogP) is 2.91. The van der Waals surface area contributed by atoms with Crippen LogP contribution in [0.1, 0.15) is 26.3 Å². The number of nitrogens with one attached hydrogen (secondary N) is 1. The van der Waals surface area contributed by atoms with Gasteiger partial charge in [-0.15, -0.1) is 0 Å². The lowest BCUT2D eigenvalue weighted by Crippen LogP contribution is -2.41. The van der Waals surface area contributed by atoms with Gasteiger partial charge in [-0.25, -0.2) is 0 Å². The zero-order chi connectivity index (χ0) is 13.1. The minimum absolute atomic E-state index is 0.00565. The molecule has 1 rings (SSSR count). The number of hydrogen-bond donors (Lipinski definition) is 1. The van der Waals surface area contributed by atoms with E-state index >= 15 is 0 Å². The lowest BCUT2D eigenvalue weighted by Gasteiger charge is -2.20. The molecule has 1 N–H and O–H groups in total. The van der Waals surface area contributed by atoms with Gasteiger partial charge in [0.15, 0.2) is 0 Å². The summed E-state index contributed by atoms with van der Waals surface area (Å²) in [5.41, 5.74) is 0.666. The fourth-order valence-corrected chi connectivity index (χ4v) is 1.93. The van der Waals surface area contributed by atoms with E-state index in [4.69, 9.17) is 4.74 Å². The van der Waals surface area contributed by atoms with Gasteiger partial charge in [0.1, 0.15) is 5.75 Å². The Morgan fingerprint density at radius 2 is 2.06 bits per heavy atom. The lowest BCUT2D eigenvalue weighted by atomic mass is 10.1. The summed E-state index contributed by atoms with van der Waals surface area (Å²) in [6.07, 6.45) is 0.319. The van der Waals surface area contributed by atoms with Crippen LogP contribution in [0.15, 0.2) is 22.7 Å². The van der Waals surface area contributed by atoms with Gasteiger partial charge in [-0.2, -0.15) is 0 Å². The zero-order valence-electron chi connectivity index (χ0n) is 10.6. The molecule has 0 saturated heterocycles. The number of rotatable bonds is 3. The van der Waals surface area contributed by atoms with Crippen molar-refractivity contribution in [2.24, 2.45) is 0 Å². The van der Waals surface area contributed by atoms with E-state index in [1.165, 1.54) is 0 Å². The molecule has 0 fully saturated rings. The number of benzene rings is 1. The Morgan fingerprint density at radius 3 is 2.59 bits per heavy atom. The first-order chi connectivity index (χ1) is 7.81. The van der Waals surface area contributed by atoms with Crippen LogP contribution >= 0.6 is 15.9 Å². The molecule has 0 bridgehead atoms. The van der Waals surface area contributed by atoms with Crippen molar-refractivity contribution in [3.63, 3.8) is 0 Å². The molecule has 3 nitrogen and oxygen atoms in total. The van der Waals surface area contributed by atoms with Crippen molar-refractivity contribution in [1.82, 2.24) is 5.32 Å². The first-order valence-electron chi connectivity index (χ1n) is 5.45. The summed E-state index contributed by atoms with van der Waals surface area (Å²) in [5.74, 6) is 0.728. The molecule has 0 aliphatic heterocycles. The van der Waals surface area contributed by atoms with Gasteiger partial charge in [-0.05, 0) is 39.0 Å². The third-order valence-corrected chi connectivity index (χ3v) is 2.60. The van der Waals surface area contributed by atoms with E-state index in [0.717, 1.165) is 15.8 Å². The van der Waals surface area contributed by atoms with Crippen molar-refractivity contribution in [1.29, 1.82) is 0 Å². The molecule has 94 valence electrons. The number of ether oxygens (including phenoxy) is 1. The number of carbonyl (C=O) groups is 1. The number of carbonyl (C=O) groups excluding carboxylic acids is 1. The Labute approximate surface area is 111 Å². The maximum atomic E-state index is 11.8. The predicted molar refractivity (Wildman–Crippen MR) is 72.3 cm³/mol. The second-order valence-corrected chi connectivity index (χ2v) is 5.85. The van der Waals surface area contributed by atoms with Crippen molar-refractivity contribution in [2.45, 2.75) is 32.7 Å². The van der Waals surface area contributed by atoms with Crippen LogP contribution in [-0.4, -0.2) is 18.6 Å². The summed E-state index contributed by atoms with van der Waals surface area (Å²) in [6.45, 7) is 5.88.